The van der Waals surface area contributed by atoms with Crippen molar-refractivity contribution in [3.05, 3.63) is 86.6 Å². The molecule has 5 aromatic rings. The van der Waals surface area contributed by atoms with E-state index in [1.807, 2.05) is 16.7 Å². The molecule has 7 heterocycles. The fraction of sp³-hybridized carbons (Fsp3) is 0.389. The Morgan fingerprint density at radius 2 is 1.80 bits per heavy atom. The number of carbonyl (C=O) groups excluding carboxylic acids is 2. The van der Waals surface area contributed by atoms with Crippen LogP contribution in [0.25, 0.3) is 17.2 Å². The van der Waals surface area contributed by atoms with Gasteiger partial charge >= 0.3 is 6.18 Å². The number of hydrogen-bond acceptors (Lipinski definition) is 11. The molecule has 4 aromatic heterocycles. The number of alkyl halides is 4. The van der Waals surface area contributed by atoms with Gasteiger partial charge < -0.3 is 20.2 Å². The van der Waals surface area contributed by atoms with Crippen molar-refractivity contribution in [1.29, 1.82) is 0 Å². The Hall–Kier alpha value is -5.69. The number of hydrogen-bond donors (Lipinski definition) is 2. The highest BCUT2D eigenvalue weighted by Gasteiger charge is 2.41. The first kappa shape index (κ1) is 37.2. The largest absolute Gasteiger partial charge is 0.504 e. The standard InChI is InChI=1S/C36H34ClF4N11O4/c1-18-11-26(32(54)45-25-6-4-21(12-24(25)37)36(39,40)41)51-28(18)29(49-7-9-50(10-8-49)33(55)27-30(53)19(2)43-17-44-27)34(56)52-35(51)46-31(47-52)20-3-5-23(42-13-20)16-48-14-22(38)15-48/h3-6,12-13,17-18,22,26,53H,7-11,14-16H2,1-2H3,(H,45,54). The summed E-state index contributed by atoms with van der Waals surface area (Å²) in [7, 11) is 0. The highest BCUT2D eigenvalue weighted by atomic mass is 35.5. The van der Waals surface area contributed by atoms with Crippen molar-refractivity contribution in [1.82, 2.24) is 43.9 Å². The minimum atomic E-state index is -4.63. The smallest absolute Gasteiger partial charge is 0.416 e. The lowest BCUT2D eigenvalue weighted by atomic mass is 10.0. The first-order valence-corrected chi connectivity index (χ1v) is 18.1. The summed E-state index contributed by atoms with van der Waals surface area (Å²) >= 11 is 6.20. The van der Waals surface area contributed by atoms with Crippen LogP contribution in [0.4, 0.5) is 28.9 Å². The van der Waals surface area contributed by atoms with Gasteiger partial charge in [0.05, 0.1) is 33.4 Å². The number of carbonyl (C=O) groups is 2. The molecule has 0 radical (unpaired) electrons. The van der Waals surface area contributed by atoms with Crippen LogP contribution in [-0.4, -0.2) is 106 Å². The zero-order chi connectivity index (χ0) is 39.6. The van der Waals surface area contributed by atoms with E-state index >= 15 is 0 Å². The number of aryl methyl sites for hydroxylation is 1. The van der Waals surface area contributed by atoms with Crippen LogP contribution in [0.2, 0.25) is 5.02 Å². The Labute approximate surface area is 320 Å². The van der Waals surface area contributed by atoms with Gasteiger partial charge in [-0.1, -0.05) is 18.5 Å². The second-order valence-corrected chi connectivity index (χ2v) is 14.6. The van der Waals surface area contributed by atoms with E-state index in [-0.39, 0.29) is 83.7 Å². The van der Waals surface area contributed by atoms with Gasteiger partial charge in [0.25, 0.3) is 11.5 Å². The Morgan fingerprint density at radius 1 is 1.05 bits per heavy atom. The molecule has 3 aliphatic rings. The molecule has 2 atom stereocenters. The number of likely N-dealkylation sites (tertiary alicyclic amines) is 1. The minimum absolute atomic E-state index is 0.0256. The molecule has 0 spiro atoms. The molecule has 1 aromatic carbocycles. The number of nitrogens with one attached hydrogen (secondary N) is 1. The summed E-state index contributed by atoms with van der Waals surface area (Å²) < 4.78 is 56.1. The number of aromatic hydroxyl groups is 1. The van der Waals surface area contributed by atoms with Crippen LogP contribution in [0.3, 0.4) is 0 Å². The molecule has 3 aliphatic heterocycles. The first-order valence-electron chi connectivity index (χ1n) is 17.8. The van der Waals surface area contributed by atoms with Crippen molar-refractivity contribution in [3.63, 3.8) is 0 Å². The van der Waals surface area contributed by atoms with Crippen molar-refractivity contribution in [2.45, 2.75) is 51.1 Å². The highest BCUT2D eigenvalue weighted by Crippen LogP contribution is 2.42. The van der Waals surface area contributed by atoms with Gasteiger partial charge in [-0.15, -0.1) is 5.10 Å². The molecule has 8 rings (SSSR count). The van der Waals surface area contributed by atoms with Crippen LogP contribution < -0.4 is 15.8 Å². The van der Waals surface area contributed by atoms with Crippen LogP contribution >= 0.6 is 11.6 Å². The van der Waals surface area contributed by atoms with Crippen LogP contribution in [0, 0.1) is 6.92 Å². The number of halogens is 5. The normalized spacial score (nSPS) is 19.0. The van der Waals surface area contributed by atoms with E-state index < -0.39 is 41.3 Å². The zero-order valence-corrected chi connectivity index (χ0v) is 30.7. The molecular formula is C36H34ClF4N11O4. The average Bonchev–Trinajstić information content (AvgIpc) is 3.75. The lowest BCUT2D eigenvalue weighted by molar-refractivity contribution is -0.137. The number of aromatic nitrogens is 7. The third-order valence-electron chi connectivity index (χ3n) is 10.4. The van der Waals surface area contributed by atoms with Crippen LogP contribution in [-0.2, 0) is 17.5 Å². The average molecular weight is 796 g/mol. The van der Waals surface area contributed by atoms with Crippen molar-refractivity contribution >= 4 is 40.6 Å². The summed E-state index contributed by atoms with van der Waals surface area (Å²) in [5, 5.41) is 17.4. The molecule has 0 aliphatic carbocycles. The van der Waals surface area contributed by atoms with E-state index in [1.54, 1.807) is 29.8 Å². The molecule has 15 nitrogen and oxygen atoms in total. The van der Waals surface area contributed by atoms with Crippen LogP contribution in [0.15, 0.2) is 47.7 Å². The maximum absolute atomic E-state index is 14.5. The molecule has 0 saturated carbocycles. The number of anilines is 2. The van der Waals surface area contributed by atoms with E-state index in [4.69, 9.17) is 16.6 Å². The van der Waals surface area contributed by atoms with E-state index in [2.05, 4.69) is 25.4 Å². The van der Waals surface area contributed by atoms with Crippen molar-refractivity contribution < 1.29 is 32.3 Å². The Morgan fingerprint density at radius 3 is 2.46 bits per heavy atom. The molecule has 292 valence electrons. The molecule has 2 fully saturated rings. The molecule has 2 unspecified atom stereocenters. The summed E-state index contributed by atoms with van der Waals surface area (Å²) in [4.78, 5) is 64.2. The number of amides is 2. The Bertz CT molecular complexity index is 2430. The van der Waals surface area contributed by atoms with Crippen molar-refractivity contribution in [2.24, 2.45) is 0 Å². The predicted molar refractivity (Wildman–Crippen MR) is 194 cm³/mol. The SMILES string of the molecule is Cc1ncnc(C(=O)N2CCN(c3c4n(c5nc(-c6ccc(CN7CC(F)C7)nc6)nn5c3=O)C(C(=O)Nc3ccc(C(F)(F)F)cc3Cl)CC4C)CC2)c1O. The second-order valence-electron chi connectivity index (χ2n) is 14.2. The minimum Gasteiger partial charge on any atom is -0.504 e. The molecule has 2 amide bonds. The van der Waals surface area contributed by atoms with Gasteiger partial charge in [-0.2, -0.15) is 22.7 Å². The zero-order valence-electron chi connectivity index (χ0n) is 30.0. The number of nitrogens with zero attached hydrogens (tertiary/aromatic N) is 10. The lowest BCUT2D eigenvalue weighted by Crippen LogP contribution is -2.51. The third-order valence-corrected chi connectivity index (χ3v) is 10.7. The topological polar surface area (TPSA) is 167 Å². The maximum Gasteiger partial charge on any atom is 0.416 e. The van der Waals surface area contributed by atoms with E-state index in [0.29, 0.717) is 36.6 Å². The Balaban J connectivity index is 1.15. The summed E-state index contributed by atoms with van der Waals surface area (Å²) in [6.45, 7) is 5.32. The third kappa shape index (κ3) is 6.67. The van der Waals surface area contributed by atoms with Gasteiger partial charge in [0.2, 0.25) is 11.7 Å². The summed E-state index contributed by atoms with van der Waals surface area (Å²) in [5.41, 5.74) is 0.578. The van der Waals surface area contributed by atoms with Gasteiger partial charge in [0, 0.05) is 63.5 Å². The van der Waals surface area contributed by atoms with Crippen LogP contribution in [0.5, 0.6) is 5.75 Å². The van der Waals surface area contributed by atoms with E-state index in [9.17, 15) is 37.1 Å². The molecule has 0 bridgehead atoms. The fourth-order valence-electron chi connectivity index (χ4n) is 7.43. The summed E-state index contributed by atoms with van der Waals surface area (Å²) in [6, 6.07) is 5.17. The van der Waals surface area contributed by atoms with E-state index in [1.165, 1.54) is 11.2 Å². The molecule has 2 saturated heterocycles. The van der Waals surface area contributed by atoms with E-state index in [0.717, 1.165) is 22.7 Å². The van der Waals surface area contributed by atoms with Gasteiger partial charge in [-0.3, -0.25) is 28.8 Å². The maximum atomic E-state index is 14.5. The Kier molecular flexibility index (Phi) is 9.38. The van der Waals surface area contributed by atoms with Crippen molar-refractivity contribution in [2.75, 3.05) is 49.5 Å². The van der Waals surface area contributed by atoms with Crippen LogP contribution in [0.1, 0.15) is 58.4 Å². The molecule has 2 N–H and O–H groups in total. The quantitative estimate of drug-likeness (QED) is 0.227. The predicted octanol–water partition coefficient (Wildman–Crippen LogP) is 4.23. The first-order chi connectivity index (χ1) is 26.7. The monoisotopic (exact) mass is 795 g/mol. The lowest BCUT2D eigenvalue weighted by Gasteiger charge is -2.36. The molecular weight excluding hydrogens is 762 g/mol. The van der Waals surface area contributed by atoms with Gasteiger partial charge in [0.15, 0.2) is 17.3 Å². The number of rotatable bonds is 7. The fourth-order valence-corrected chi connectivity index (χ4v) is 7.66. The van der Waals surface area contributed by atoms with Gasteiger partial charge in [-0.05, 0) is 43.7 Å². The second kappa shape index (κ2) is 14.1. The molecule has 56 heavy (non-hydrogen) atoms. The number of piperazine rings is 1. The number of fused-ring (bicyclic) bond motifs is 3. The summed E-state index contributed by atoms with van der Waals surface area (Å²) in [6.07, 6.45) is -2.53. The van der Waals surface area contributed by atoms with Gasteiger partial charge in [0.1, 0.15) is 24.2 Å². The van der Waals surface area contributed by atoms with Crippen molar-refractivity contribution in [3.8, 4) is 17.1 Å². The molecule has 20 heteroatoms. The summed E-state index contributed by atoms with van der Waals surface area (Å²) in [5.74, 6) is -1.56. The number of pyridine rings is 1. The van der Waals surface area contributed by atoms with Gasteiger partial charge in [-0.25, -0.2) is 14.4 Å². The number of benzene rings is 1. The highest BCUT2D eigenvalue weighted by molar-refractivity contribution is 6.33.